The number of likely N-dealkylation sites (tertiary alicyclic amines) is 1. The molecule has 2 rings (SSSR count). The number of alkyl halides is 4. The van der Waals surface area contributed by atoms with Gasteiger partial charge < -0.3 is 4.90 Å². The van der Waals surface area contributed by atoms with Crippen molar-refractivity contribution in [3.8, 4) is 0 Å². The highest BCUT2D eigenvalue weighted by atomic mass is 19.4. The van der Waals surface area contributed by atoms with Crippen molar-refractivity contribution < 1.29 is 22.4 Å². The van der Waals surface area contributed by atoms with Gasteiger partial charge in [-0.2, -0.15) is 13.2 Å². The van der Waals surface area contributed by atoms with Crippen molar-refractivity contribution in [2.75, 3.05) is 19.8 Å². The minimum atomic E-state index is -4.53. The number of carbonyl (C=O) groups is 1. The SMILES string of the molecule is Cc1cc(C(F)(F)F)ncc1C(=O)N1CC[C@H](CF)C1. The van der Waals surface area contributed by atoms with Crippen LogP contribution >= 0.6 is 0 Å². The van der Waals surface area contributed by atoms with Gasteiger partial charge in [-0.25, -0.2) is 0 Å². The molecule has 1 aromatic heterocycles. The largest absolute Gasteiger partial charge is 0.433 e. The molecule has 0 aromatic carbocycles. The lowest BCUT2D eigenvalue weighted by molar-refractivity contribution is -0.141. The smallest absolute Gasteiger partial charge is 0.338 e. The highest BCUT2D eigenvalue weighted by Crippen LogP contribution is 2.29. The summed E-state index contributed by atoms with van der Waals surface area (Å²) in [5.74, 6) is -0.568. The molecule has 2 heterocycles. The molecule has 7 heteroatoms. The molecule has 1 aliphatic heterocycles. The molecule has 0 radical (unpaired) electrons. The van der Waals surface area contributed by atoms with Gasteiger partial charge in [0.2, 0.25) is 0 Å². The van der Waals surface area contributed by atoms with Crippen LogP contribution in [0.2, 0.25) is 0 Å². The van der Waals surface area contributed by atoms with Crippen LogP contribution in [0.5, 0.6) is 0 Å². The van der Waals surface area contributed by atoms with Crippen molar-refractivity contribution in [2.45, 2.75) is 19.5 Å². The van der Waals surface area contributed by atoms with Crippen LogP contribution in [0, 0.1) is 12.8 Å². The van der Waals surface area contributed by atoms with Crippen LogP contribution in [0.1, 0.15) is 28.0 Å². The lowest BCUT2D eigenvalue weighted by atomic mass is 10.1. The van der Waals surface area contributed by atoms with Crippen LogP contribution in [-0.4, -0.2) is 35.6 Å². The summed E-state index contributed by atoms with van der Waals surface area (Å²) in [6.45, 7) is 1.67. The zero-order valence-corrected chi connectivity index (χ0v) is 10.9. The fraction of sp³-hybridized carbons (Fsp3) is 0.538. The van der Waals surface area contributed by atoms with Gasteiger partial charge in [-0.15, -0.1) is 0 Å². The molecule has 20 heavy (non-hydrogen) atoms. The van der Waals surface area contributed by atoms with Gasteiger partial charge in [0.15, 0.2) is 0 Å². The highest BCUT2D eigenvalue weighted by Gasteiger charge is 2.34. The fourth-order valence-electron chi connectivity index (χ4n) is 2.25. The Balaban J connectivity index is 2.19. The summed E-state index contributed by atoms with van der Waals surface area (Å²) in [5.41, 5.74) is -0.659. The second kappa shape index (κ2) is 5.38. The fourth-order valence-corrected chi connectivity index (χ4v) is 2.25. The Morgan fingerprint density at radius 1 is 1.50 bits per heavy atom. The first-order valence-corrected chi connectivity index (χ1v) is 6.22. The summed E-state index contributed by atoms with van der Waals surface area (Å²) < 4.78 is 50.0. The van der Waals surface area contributed by atoms with E-state index in [2.05, 4.69) is 4.98 Å². The average Bonchev–Trinajstić information content (AvgIpc) is 2.85. The Morgan fingerprint density at radius 3 is 2.70 bits per heavy atom. The second-order valence-electron chi connectivity index (χ2n) is 4.94. The Hall–Kier alpha value is -1.66. The van der Waals surface area contributed by atoms with E-state index in [1.54, 1.807) is 0 Å². The first kappa shape index (κ1) is 14.7. The number of pyridine rings is 1. The molecule has 1 atom stereocenters. The summed E-state index contributed by atoms with van der Waals surface area (Å²) >= 11 is 0. The predicted molar refractivity (Wildman–Crippen MR) is 64.0 cm³/mol. The topological polar surface area (TPSA) is 33.2 Å². The van der Waals surface area contributed by atoms with Crippen LogP contribution in [0.15, 0.2) is 12.3 Å². The minimum Gasteiger partial charge on any atom is -0.338 e. The zero-order chi connectivity index (χ0) is 14.9. The molecule has 0 aliphatic carbocycles. The standard InChI is InChI=1S/C13H14F4N2O/c1-8-4-11(13(15,16)17)18-6-10(8)12(20)19-3-2-9(5-14)7-19/h4,6,9H,2-3,5,7H2,1H3/t9-/m1/s1. The maximum atomic E-state index is 12.5. The molecule has 1 aliphatic rings. The third kappa shape index (κ3) is 2.91. The molecule has 1 amide bonds. The first-order valence-electron chi connectivity index (χ1n) is 6.22. The predicted octanol–water partition coefficient (Wildman–Crippen LogP) is 2.84. The lowest BCUT2D eigenvalue weighted by Crippen LogP contribution is -2.29. The molecule has 0 N–H and O–H groups in total. The summed E-state index contributed by atoms with van der Waals surface area (Å²) in [6, 6.07) is 0.857. The van der Waals surface area contributed by atoms with Crippen LogP contribution < -0.4 is 0 Å². The van der Waals surface area contributed by atoms with Crippen molar-refractivity contribution in [1.82, 2.24) is 9.88 Å². The van der Waals surface area contributed by atoms with Crippen molar-refractivity contribution in [3.63, 3.8) is 0 Å². The molecule has 1 saturated heterocycles. The molecule has 0 saturated carbocycles. The molecular formula is C13H14F4N2O. The average molecular weight is 290 g/mol. The number of hydrogen-bond donors (Lipinski definition) is 0. The summed E-state index contributed by atoms with van der Waals surface area (Å²) in [5, 5.41) is 0. The minimum absolute atomic E-state index is 0.137. The van der Waals surface area contributed by atoms with E-state index in [4.69, 9.17) is 0 Å². The lowest BCUT2D eigenvalue weighted by Gasteiger charge is -2.17. The number of hydrogen-bond acceptors (Lipinski definition) is 2. The quantitative estimate of drug-likeness (QED) is 0.785. The first-order chi connectivity index (χ1) is 9.32. The third-order valence-corrected chi connectivity index (χ3v) is 3.42. The van der Waals surface area contributed by atoms with Gasteiger partial charge >= 0.3 is 6.18 Å². The maximum absolute atomic E-state index is 12.5. The van der Waals surface area contributed by atoms with E-state index in [-0.39, 0.29) is 23.0 Å². The number of aromatic nitrogens is 1. The second-order valence-corrected chi connectivity index (χ2v) is 4.94. The number of rotatable bonds is 2. The number of aryl methyl sites for hydroxylation is 1. The van der Waals surface area contributed by atoms with E-state index in [1.165, 1.54) is 11.8 Å². The molecule has 0 unspecified atom stereocenters. The third-order valence-electron chi connectivity index (χ3n) is 3.42. The van der Waals surface area contributed by atoms with Gasteiger partial charge in [-0.05, 0) is 25.0 Å². The normalized spacial score (nSPS) is 19.4. The number of nitrogens with zero attached hydrogens (tertiary/aromatic N) is 2. The van der Waals surface area contributed by atoms with Gasteiger partial charge in [0.1, 0.15) is 5.69 Å². The van der Waals surface area contributed by atoms with Gasteiger partial charge in [-0.1, -0.05) is 0 Å². The van der Waals surface area contributed by atoms with Crippen LogP contribution in [0.25, 0.3) is 0 Å². The number of halogens is 4. The molecule has 3 nitrogen and oxygen atoms in total. The van der Waals surface area contributed by atoms with Crippen LogP contribution in [0.3, 0.4) is 0 Å². The van der Waals surface area contributed by atoms with E-state index >= 15 is 0 Å². The monoisotopic (exact) mass is 290 g/mol. The zero-order valence-electron chi connectivity index (χ0n) is 10.9. The number of carbonyl (C=O) groups excluding carboxylic acids is 1. The van der Waals surface area contributed by atoms with Gasteiger partial charge in [-0.3, -0.25) is 14.2 Å². The number of amides is 1. The van der Waals surface area contributed by atoms with Crippen molar-refractivity contribution >= 4 is 5.91 Å². The van der Waals surface area contributed by atoms with Crippen molar-refractivity contribution in [2.24, 2.45) is 5.92 Å². The maximum Gasteiger partial charge on any atom is 0.433 e. The Morgan fingerprint density at radius 2 is 2.20 bits per heavy atom. The molecule has 1 fully saturated rings. The van der Waals surface area contributed by atoms with Crippen molar-refractivity contribution in [1.29, 1.82) is 0 Å². The van der Waals surface area contributed by atoms with Crippen molar-refractivity contribution in [3.05, 3.63) is 29.1 Å². The van der Waals surface area contributed by atoms with E-state index in [0.717, 1.165) is 12.3 Å². The van der Waals surface area contributed by atoms with E-state index in [9.17, 15) is 22.4 Å². The Kier molecular flexibility index (Phi) is 3.96. The van der Waals surface area contributed by atoms with E-state index in [0.29, 0.717) is 19.5 Å². The molecule has 110 valence electrons. The van der Waals surface area contributed by atoms with Gasteiger partial charge in [0.25, 0.3) is 5.91 Å². The van der Waals surface area contributed by atoms with Crippen LogP contribution in [0.4, 0.5) is 17.6 Å². The van der Waals surface area contributed by atoms with E-state index < -0.39 is 18.5 Å². The summed E-state index contributed by atoms with van der Waals surface area (Å²) in [6.07, 6.45) is -3.00. The van der Waals surface area contributed by atoms with Gasteiger partial charge in [0.05, 0.1) is 12.2 Å². The molecule has 1 aromatic rings. The summed E-state index contributed by atoms with van der Waals surface area (Å²) in [7, 11) is 0. The molecule has 0 spiro atoms. The summed E-state index contributed by atoms with van der Waals surface area (Å²) in [4.78, 5) is 16.9. The van der Waals surface area contributed by atoms with Gasteiger partial charge in [0, 0.05) is 25.2 Å². The van der Waals surface area contributed by atoms with E-state index in [1.807, 2.05) is 0 Å². The molecule has 0 bridgehead atoms. The Labute approximate surface area is 113 Å². The highest BCUT2D eigenvalue weighted by molar-refractivity contribution is 5.95. The van der Waals surface area contributed by atoms with Crippen LogP contribution in [-0.2, 0) is 6.18 Å². The molecular weight excluding hydrogens is 276 g/mol. The Bertz CT molecular complexity index is 516.